The molecule has 11 heteroatoms. The third-order valence-corrected chi connectivity index (χ3v) is 3.51. The average Bonchev–Trinajstić information content (AvgIpc) is 2.96. The van der Waals surface area contributed by atoms with Gasteiger partial charge in [-0.05, 0) is 43.3 Å². The van der Waals surface area contributed by atoms with Crippen molar-refractivity contribution in [1.82, 2.24) is 19.7 Å². The molecule has 3 rings (SSSR count). The van der Waals surface area contributed by atoms with Crippen LogP contribution in [0.25, 0.3) is 17.2 Å². The molecule has 0 aliphatic rings. The topological polar surface area (TPSA) is 43.6 Å². The first-order valence-corrected chi connectivity index (χ1v) is 7.31. The van der Waals surface area contributed by atoms with E-state index in [1.165, 1.54) is 19.1 Å². The molecule has 0 aliphatic carbocycles. The first-order chi connectivity index (χ1) is 12.4. The molecule has 0 fully saturated rings. The van der Waals surface area contributed by atoms with Gasteiger partial charge in [-0.1, -0.05) is 0 Å². The summed E-state index contributed by atoms with van der Waals surface area (Å²) in [5, 5.41) is 3.26. The van der Waals surface area contributed by atoms with Crippen molar-refractivity contribution in [2.75, 3.05) is 0 Å². The summed E-state index contributed by atoms with van der Waals surface area (Å²) in [4.78, 5) is 7.17. The Bertz CT molecular complexity index is 972. The second kappa shape index (κ2) is 6.32. The molecule has 0 spiro atoms. The van der Waals surface area contributed by atoms with Crippen LogP contribution in [0, 0.1) is 12.7 Å². The summed E-state index contributed by atoms with van der Waals surface area (Å²) in [6.07, 6.45) is -9.65. The molecule has 27 heavy (non-hydrogen) atoms. The zero-order valence-corrected chi connectivity index (χ0v) is 13.4. The molecular weight excluding hydrogens is 381 g/mol. The maximum atomic E-state index is 13.2. The number of benzene rings is 1. The minimum Gasteiger partial charge on any atom is -0.211 e. The van der Waals surface area contributed by atoms with Crippen LogP contribution in [0.4, 0.5) is 30.7 Å². The lowest BCUT2D eigenvalue weighted by molar-refractivity contribution is -0.142. The van der Waals surface area contributed by atoms with Crippen LogP contribution >= 0.6 is 0 Å². The number of hydrogen-bond donors (Lipinski definition) is 0. The van der Waals surface area contributed by atoms with Crippen molar-refractivity contribution in [3.8, 4) is 17.2 Å². The van der Waals surface area contributed by atoms with Crippen molar-refractivity contribution >= 4 is 0 Å². The first kappa shape index (κ1) is 18.8. The second-order valence-electron chi connectivity index (χ2n) is 5.52. The molecule has 2 heterocycles. The van der Waals surface area contributed by atoms with Gasteiger partial charge in [0.1, 0.15) is 5.82 Å². The Kier molecular flexibility index (Phi) is 4.40. The van der Waals surface area contributed by atoms with Crippen LogP contribution in [-0.4, -0.2) is 19.7 Å². The molecule has 2 aromatic heterocycles. The maximum absolute atomic E-state index is 13.2. The van der Waals surface area contributed by atoms with Gasteiger partial charge in [-0.2, -0.15) is 31.4 Å². The van der Waals surface area contributed by atoms with Crippen molar-refractivity contribution in [2.45, 2.75) is 19.3 Å². The lowest BCUT2D eigenvalue weighted by atomic mass is 10.1. The zero-order chi connectivity index (χ0) is 20.0. The molecule has 142 valence electrons. The Hall–Kier alpha value is -2.98. The number of aromatic nitrogens is 4. The van der Waals surface area contributed by atoms with Crippen LogP contribution < -0.4 is 0 Å². The monoisotopic (exact) mass is 390 g/mol. The Labute approximate surface area is 147 Å². The van der Waals surface area contributed by atoms with E-state index in [0.717, 1.165) is 12.1 Å². The highest BCUT2D eigenvalue weighted by Crippen LogP contribution is 2.32. The molecular formula is C16H9F7N4. The normalized spacial score (nSPS) is 12.4. The van der Waals surface area contributed by atoms with Crippen molar-refractivity contribution in [3.05, 3.63) is 59.3 Å². The van der Waals surface area contributed by atoms with Gasteiger partial charge in [0.05, 0.1) is 5.69 Å². The van der Waals surface area contributed by atoms with Crippen molar-refractivity contribution in [2.24, 2.45) is 0 Å². The average molecular weight is 390 g/mol. The maximum Gasteiger partial charge on any atom is 0.435 e. The van der Waals surface area contributed by atoms with E-state index in [9.17, 15) is 30.7 Å². The Morgan fingerprint density at radius 3 is 1.93 bits per heavy atom. The van der Waals surface area contributed by atoms with Gasteiger partial charge in [-0.25, -0.2) is 19.0 Å². The molecule has 0 unspecified atom stereocenters. The largest absolute Gasteiger partial charge is 0.435 e. The van der Waals surface area contributed by atoms with E-state index >= 15 is 0 Å². The second-order valence-corrected chi connectivity index (χ2v) is 5.52. The van der Waals surface area contributed by atoms with Gasteiger partial charge in [0, 0.05) is 11.3 Å². The summed E-state index contributed by atoms with van der Waals surface area (Å²) < 4.78 is 91.6. The summed E-state index contributed by atoms with van der Waals surface area (Å²) in [5.41, 5.74) is -2.87. The Balaban J connectivity index is 2.20. The highest BCUT2D eigenvalue weighted by atomic mass is 19.4. The number of alkyl halides is 6. The van der Waals surface area contributed by atoms with Gasteiger partial charge in [0.15, 0.2) is 11.4 Å². The quantitative estimate of drug-likeness (QED) is 0.590. The van der Waals surface area contributed by atoms with Crippen LogP contribution in [0.1, 0.15) is 17.1 Å². The first-order valence-electron chi connectivity index (χ1n) is 7.31. The predicted molar refractivity (Wildman–Crippen MR) is 79.3 cm³/mol. The number of aryl methyl sites for hydroxylation is 1. The third kappa shape index (κ3) is 3.91. The molecule has 0 saturated heterocycles. The van der Waals surface area contributed by atoms with Gasteiger partial charge >= 0.3 is 12.4 Å². The summed E-state index contributed by atoms with van der Waals surface area (Å²) in [7, 11) is 0. The summed E-state index contributed by atoms with van der Waals surface area (Å²) >= 11 is 0. The summed E-state index contributed by atoms with van der Waals surface area (Å²) in [6, 6.07) is 5.72. The summed E-state index contributed by atoms with van der Waals surface area (Å²) in [5.74, 6) is -1.29. The van der Waals surface area contributed by atoms with Gasteiger partial charge < -0.3 is 0 Å². The van der Waals surface area contributed by atoms with E-state index in [2.05, 4.69) is 15.1 Å². The number of rotatable bonds is 2. The van der Waals surface area contributed by atoms with Crippen LogP contribution in [0.15, 0.2) is 36.4 Å². The van der Waals surface area contributed by atoms with Crippen LogP contribution in [0.3, 0.4) is 0 Å². The zero-order valence-electron chi connectivity index (χ0n) is 13.4. The minimum atomic E-state index is -4.87. The molecule has 0 bridgehead atoms. The molecule has 3 aromatic rings. The summed E-state index contributed by atoms with van der Waals surface area (Å²) in [6.45, 7) is 1.23. The fraction of sp³-hybridized carbons (Fsp3) is 0.188. The molecule has 0 amide bonds. The standard InChI is InChI=1S/C16H9F7N4/c1-8-6-13(16(21,22)23)26-27(8)14-24-11(7-12(25-14)15(18,19)20)9-2-4-10(17)5-3-9/h2-7H,1H3. The van der Waals surface area contributed by atoms with E-state index in [0.29, 0.717) is 16.8 Å². The van der Waals surface area contributed by atoms with Crippen LogP contribution in [0.5, 0.6) is 0 Å². The Morgan fingerprint density at radius 1 is 0.815 bits per heavy atom. The highest BCUT2D eigenvalue weighted by molar-refractivity contribution is 5.60. The molecule has 0 aliphatic heterocycles. The lowest BCUT2D eigenvalue weighted by Crippen LogP contribution is -2.15. The van der Waals surface area contributed by atoms with E-state index in [-0.39, 0.29) is 17.0 Å². The van der Waals surface area contributed by atoms with Gasteiger partial charge in [-0.15, -0.1) is 0 Å². The van der Waals surface area contributed by atoms with Gasteiger partial charge in [0.2, 0.25) is 0 Å². The molecule has 1 aromatic carbocycles. The molecule has 0 atom stereocenters. The van der Waals surface area contributed by atoms with Crippen LogP contribution in [0.2, 0.25) is 0 Å². The third-order valence-electron chi connectivity index (χ3n) is 3.51. The van der Waals surface area contributed by atoms with E-state index in [1.54, 1.807) is 0 Å². The fourth-order valence-electron chi connectivity index (χ4n) is 2.26. The van der Waals surface area contributed by atoms with E-state index < -0.39 is 35.5 Å². The molecule has 0 saturated carbocycles. The Morgan fingerprint density at radius 2 is 1.41 bits per heavy atom. The van der Waals surface area contributed by atoms with Crippen molar-refractivity contribution in [1.29, 1.82) is 0 Å². The van der Waals surface area contributed by atoms with E-state index in [1.807, 2.05) is 0 Å². The lowest BCUT2D eigenvalue weighted by Gasteiger charge is -2.11. The number of nitrogens with zero attached hydrogens (tertiary/aromatic N) is 4. The van der Waals surface area contributed by atoms with E-state index in [4.69, 9.17) is 0 Å². The predicted octanol–water partition coefficient (Wildman–Crippen LogP) is 4.81. The van der Waals surface area contributed by atoms with Gasteiger partial charge in [0.25, 0.3) is 5.95 Å². The number of hydrogen-bond acceptors (Lipinski definition) is 3. The highest BCUT2D eigenvalue weighted by Gasteiger charge is 2.36. The molecule has 4 nitrogen and oxygen atoms in total. The molecule has 0 N–H and O–H groups in total. The SMILES string of the molecule is Cc1cc(C(F)(F)F)nn1-c1nc(-c2ccc(F)cc2)cc(C(F)(F)F)n1. The number of halogens is 7. The van der Waals surface area contributed by atoms with Crippen LogP contribution in [-0.2, 0) is 12.4 Å². The fourth-order valence-corrected chi connectivity index (χ4v) is 2.26. The minimum absolute atomic E-state index is 0.105. The smallest absolute Gasteiger partial charge is 0.211 e. The van der Waals surface area contributed by atoms with Gasteiger partial charge in [-0.3, -0.25) is 0 Å². The van der Waals surface area contributed by atoms with Crippen molar-refractivity contribution in [3.63, 3.8) is 0 Å². The molecule has 0 radical (unpaired) electrons. The van der Waals surface area contributed by atoms with Crippen molar-refractivity contribution < 1.29 is 30.7 Å².